The van der Waals surface area contributed by atoms with E-state index >= 15 is 0 Å². The topological polar surface area (TPSA) is 82.2 Å². The van der Waals surface area contributed by atoms with Crippen molar-refractivity contribution < 1.29 is 4.74 Å². The molecule has 8 heteroatoms. The normalized spacial score (nSPS) is 17.8. The molecule has 4 heterocycles. The molecule has 5 aromatic rings. The van der Waals surface area contributed by atoms with Crippen LogP contribution in [0.2, 0.25) is 0 Å². The molecule has 0 radical (unpaired) electrons. The molecule has 0 spiro atoms. The maximum atomic E-state index is 5.62. The van der Waals surface area contributed by atoms with E-state index in [-0.39, 0.29) is 12.1 Å². The molecule has 0 aliphatic heterocycles. The zero-order chi connectivity index (χ0) is 23.8. The van der Waals surface area contributed by atoms with Crippen molar-refractivity contribution in [1.29, 1.82) is 0 Å². The molecule has 6 rings (SSSR count). The standard InChI is InChI=1S/C27H27N7O/c1-33-14-13-29-27(33)26-31-25(30-20-10-11-21(15-20)35-2)24-23(18-7-4-3-5-8-18)22(17-34(24)32-26)19-9-6-12-28-16-19/h3-9,12-14,16-17,20-21H,10-11,15H2,1-2H3,(H,30,31,32)/t20-,21+/m1/s1. The van der Waals surface area contributed by atoms with Crippen molar-refractivity contribution in [2.75, 3.05) is 12.4 Å². The largest absolute Gasteiger partial charge is 0.381 e. The molecule has 0 amide bonds. The third-order valence-electron chi connectivity index (χ3n) is 6.75. The molecule has 2 atom stereocenters. The van der Waals surface area contributed by atoms with Crippen molar-refractivity contribution in [1.82, 2.24) is 29.1 Å². The highest BCUT2D eigenvalue weighted by Gasteiger charge is 2.27. The van der Waals surface area contributed by atoms with E-state index in [1.165, 1.54) is 0 Å². The molecule has 1 aliphatic rings. The second-order valence-electron chi connectivity index (χ2n) is 8.98. The number of methoxy groups -OCH3 is 1. The number of ether oxygens (including phenoxy) is 1. The van der Waals surface area contributed by atoms with E-state index in [1.807, 2.05) is 40.7 Å². The van der Waals surface area contributed by atoms with Gasteiger partial charge in [-0.1, -0.05) is 36.4 Å². The number of pyridine rings is 1. The van der Waals surface area contributed by atoms with Crippen molar-refractivity contribution in [3.63, 3.8) is 0 Å². The number of nitrogens with zero attached hydrogens (tertiary/aromatic N) is 6. The summed E-state index contributed by atoms with van der Waals surface area (Å²) in [6.07, 6.45) is 12.7. The fourth-order valence-corrected chi connectivity index (χ4v) is 4.98. The molecule has 176 valence electrons. The molecule has 35 heavy (non-hydrogen) atoms. The summed E-state index contributed by atoms with van der Waals surface area (Å²) < 4.78 is 9.49. The van der Waals surface area contributed by atoms with Crippen LogP contribution in [-0.4, -0.2) is 48.4 Å². The first-order valence-corrected chi connectivity index (χ1v) is 11.9. The maximum Gasteiger partial charge on any atom is 0.218 e. The predicted molar refractivity (Wildman–Crippen MR) is 136 cm³/mol. The average Bonchev–Trinajstić information content (AvgIpc) is 3.63. The number of aryl methyl sites for hydroxylation is 1. The van der Waals surface area contributed by atoms with E-state index < -0.39 is 0 Å². The smallest absolute Gasteiger partial charge is 0.218 e. The minimum Gasteiger partial charge on any atom is -0.381 e. The lowest BCUT2D eigenvalue weighted by Crippen LogP contribution is -2.19. The minimum atomic E-state index is 0.269. The molecular formula is C27H27N7O. The molecule has 4 aromatic heterocycles. The van der Waals surface area contributed by atoms with Gasteiger partial charge in [0.25, 0.3) is 0 Å². The maximum absolute atomic E-state index is 5.62. The highest BCUT2D eigenvalue weighted by atomic mass is 16.5. The van der Waals surface area contributed by atoms with Gasteiger partial charge in [0.05, 0.1) is 6.10 Å². The van der Waals surface area contributed by atoms with Crippen LogP contribution in [0.5, 0.6) is 0 Å². The Labute approximate surface area is 203 Å². The molecule has 0 bridgehead atoms. The van der Waals surface area contributed by atoms with Crippen LogP contribution in [0.1, 0.15) is 19.3 Å². The van der Waals surface area contributed by atoms with Crippen molar-refractivity contribution in [3.05, 3.63) is 73.4 Å². The van der Waals surface area contributed by atoms with Gasteiger partial charge >= 0.3 is 0 Å². The number of nitrogens with one attached hydrogen (secondary N) is 1. The van der Waals surface area contributed by atoms with E-state index in [1.54, 1.807) is 19.5 Å². The lowest BCUT2D eigenvalue weighted by molar-refractivity contribution is 0.108. The number of imidazole rings is 1. The highest BCUT2D eigenvalue weighted by Crippen LogP contribution is 2.40. The van der Waals surface area contributed by atoms with Crippen LogP contribution in [0.4, 0.5) is 5.82 Å². The van der Waals surface area contributed by atoms with E-state index in [0.29, 0.717) is 11.6 Å². The molecular weight excluding hydrogens is 438 g/mol. The van der Waals surface area contributed by atoms with E-state index in [9.17, 15) is 0 Å². The first-order chi connectivity index (χ1) is 17.2. The van der Waals surface area contributed by atoms with Crippen LogP contribution in [0.25, 0.3) is 39.4 Å². The Morgan fingerprint density at radius 2 is 1.89 bits per heavy atom. The number of aromatic nitrogens is 6. The molecule has 8 nitrogen and oxygen atoms in total. The number of rotatable bonds is 6. The summed E-state index contributed by atoms with van der Waals surface area (Å²) in [5, 5.41) is 8.65. The fraction of sp³-hybridized carbons (Fsp3) is 0.259. The number of fused-ring (bicyclic) bond motifs is 1. The van der Waals surface area contributed by atoms with Crippen LogP contribution in [0.15, 0.2) is 73.4 Å². The molecule has 1 fully saturated rings. The van der Waals surface area contributed by atoms with Crippen molar-refractivity contribution >= 4 is 11.3 Å². The molecule has 0 unspecified atom stereocenters. The Kier molecular flexibility index (Phi) is 5.50. The van der Waals surface area contributed by atoms with Crippen molar-refractivity contribution in [2.45, 2.75) is 31.4 Å². The van der Waals surface area contributed by atoms with Crippen LogP contribution >= 0.6 is 0 Å². The number of hydrogen-bond donors (Lipinski definition) is 1. The van der Waals surface area contributed by atoms with Gasteiger partial charge in [-0.3, -0.25) is 4.98 Å². The summed E-state index contributed by atoms with van der Waals surface area (Å²) in [4.78, 5) is 13.9. The van der Waals surface area contributed by atoms with Gasteiger partial charge in [0.2, 0.25) is 5.82 Å². The molecule has 1 saturated carbocycles. The predicted octanol–water partition coefficient (Wildman–Crippen LogP) is 4.84. The van der Waals surface area contributed by atoms with Gasteiger partial charge in [-0.2, -0.15) is 0 Å². The van der Waals surface area contributed by atoms with Crippen LogP contribution < -0.4 is 5.32 Å². The second kappa shape index (κ2) is 8.96. The monoisotopic (exact) mass is 465 g/mol. The van der Waals surface area contributed by atoms with E-state index in [4.69, 9.17) is 14.8 Å². The van der Waals surface area contributed by atoms with Gasteiger partial charge < -0.3 is 14.6 Å². The SMILES string of the molecule is CO[C@H]1CC[C@@H](Nc2nc(-c3nccn3C)nn3cc(-c4cccnc4)c(-c4ccccc4)c23)C1. The van der Waals surface area contributed by atoms with Gasteiger partial charge in [0.15, 0.2) is 11.6 Å². The Balaban J connectivity index is 1.60. The number of anilines is 1. The van der Waals surface area contributed by atoms with E-state index in [0.717, 1.165) is 52.9 Å². The van der Waals surface area contributed by atoms with Gasteiger partial charge in [-0.25, -0.2) is 14.5 Å². The van der Waals surface area contributed by atoms with Crippen LogP contribution in [-0.2, 0) is 11.8 Å². The lowest BCUT2D eigenvalue weighted by Gasteiger charge is -2.16. The Morgan fingerprint density at radius 1 is 1.03 bits per heavy atom. The summed E-state index contributed by atoms with van der Waals surface area (Å²) in [7, 11) is 3.74. The van der Waals surface area contributed by atoms with Crippen LogP contribution in [0, 0.1) is 0 Å². The quantitative estimate of drug-likeness (QED) is 0.387. The third-order valence-corrected chi connectivity index (χ3v) is 6.75. The van der Waals surface area contributed by atoms with Crippen molar-refractivity contribution in [2.24, 2.45) is 7.05 Å². The Bertz CT molecular complexity index is 1460. The van der Waals surface area contributed by atoms with Crippen LogP contribution in [0.3, 0.4) is 0 Å². The average molecular weight is 466 g/mol. The van der Waals surface area contributed by atoms with Gasteiger partial charge in [0.1, 0.15) is 5.52 Å². The van der Waals surface area contributed by atoms with E-state index in [2.05, 4.69) is 51.8 Å². The summed E-state index contributed by atoms with van der Waals surface area (Å²) in [5.41, 5.74) is 5.20. The summed E-state index contributed by atoms with van der Waals surface area (Å²) in [6, 6.07) is 14.7. The molecule has 0 saturated heterocycles. The highest BCUT2D eigenvalue weighted by molar-refractivity contribution is 5.99. The van der Waals surface area contributed by atoms with Crippen molar-refractivity contribution in [3.8, 4) is 33.9 Å². The Morgan fingerprint density at radius 3 is 2.60 bits per heavy atom. The fourth-order valence-electron chi connectivity index (χ4n) is 4.98. The lowest BCUT2D eigenvalue weighted by atomic mass is 9.98. The molecule has 1 aliphatic carbocycles. The summed E-state index contributed by atoms with van der Waals surface area (Å²) >= 11 is 0. The number of benzene rings is 1. The van der Waals surface area contributed by atoms with Gasteiger partial charge in [-0.05, 0) is 30.9 Å². The summed E-state index contributed by atoms with van der Waals surface area (Å²) in [5.74, 6) is 2.09. The summed E-state index contributed by atoms with van der Waals surface area (Å²) in [6.45, 7) is 0. The third kappa shape index (κ3) is 3.95. The molecule has 1 N–H and O–H groups in total. The van der Waals surface area contributed by atoms with Gasteiger partial charge in [-0.15, -0.1) is 5.10 Å². The molecule has 1 aromatic carbocycles. The zero-order valence-corrected chi connectivity index (χ0v) is 19.8. The first-order valence-electron chi connectivity index (χ1n) is 11.9. The second-order valence-corrected chi connectivity index (χ2v) is 8.98. The van der Waals surface area contributed by atoms with Gasteiger partial charge in [0, 0.05) is 67.9 Å². The number of hydrogen-bond acceptors (Lipinski definition) is 6. The zero-order valence-electron chi connectivity index (χ0n) is 19.8. The first kappa shape index (κ1) is 21.5. The minimum absolute atomic E-state index is 0.269. The Hall–Kier alpha value is -4.04.